The largest absolute Gasteiger partial charge is 0.455 e. The van der Waals surface area contributed by atoms with E-state index in [0.717, 1.165) is 18.4 Å². The maximum absolute atomic E-state index is 11.6. The number of unbranched alkanes of at least 4 members (excludes halogenated alkanes) is 20. The third kappa shape index (κ3) is 16.5. The molecule has 0 bridgehead atoms. The van der Waals surface area contributed by atoms with Crippen LogP contribution >= 0.6 is 0 Å². The lowest BCUT2D eigenvalue weighted by Gasteiger charge is -2.03. The number of cyclic esters (lactones) is 1. The molecule has 0 aliphatic carbocycles. The zero-order chi connectivity index (χ0) is 29.0. The molecular weight excluding hydrogens is 508 g/mol. The van der Waals surface area contributed by atoms with Crippen LogP contribution in [0.5, 0.6) is 0 Å². The van der Waals surface area contributed by atoms with E-state index < -0.39 is 0 Å². The quantitative estimate of drug-likeness (QED) is 0.0506. The van der Waals surface area contributed by atoms with Gasteiger partial charge in [0.1, 0.15) is 6.10 Å². The normalized spacial score (nSPS) is 25.0. The van der Waals surface area contributed by atoms with Crippen LogP contribution < -0.4 is 0 Å². The molecule has 0 radical (unpaired) electrons. The second-order valence-electron chi connectivity index (χ2n) is 13.6. The number of carbonyl (C=O) groups is 1. The first-order valence-corrected chi connectivity index (χ1v) is 18.4. The van der Waals surface area contributed by atoms with Gasteiger partial charge in [-0.15, -0.1) is 0 Å². The summed E-state index contributed by atoms with van der Waals surface area (Å²) in [5.41, 5.74) is 0.897. The summed E-state index contributed by atoms with van der Waals surface area (Å²) in [7, 11) is 0. The summed E-state index contributed by atoms with van der Waals surface area (Å²) in [6.07, 6.45) is 40.3. The Morgan fingerprint density at radius 1 is 0.512 bits per heavy atom. The number of carbonyl (C=O) groups excluding carboxylic acids is 1. The Labute approximate surface area is 254 Å². The van der Waals surface area contributed by atoms with E-state index in [9.17, 15) is 4.79 Å². The molecule has 0 N–H and O–H groups in total. The second-order valence-corrected chi connectivity index (χ2v) is 13.6. The minimum absolute atomic E-state index is 0.0214. The van der Waals surface area contributed by atoms with E-state index in [0.29, 0.717) is 24.4 Å². The monoisotopic (exact) mass is 574 g/mol. The summed E-state index contributed by atoms with van der Waals surface area (Å²) < 4.78 is 17.1. The van der Waals surface area contributed by atoms with Gasteiger partial charge in [0.05, 0.1) is 24.4 Å². The van der Waals surface area contributed by atoms with E-state index in [1.807, 2.05) is 13.0 Å². The lowest BCUT2D eigenvalue weighted by atomic mass is 10.0. The fourth-order valence-corrected chi connectivity index (χ4v) is 6.78. The first kappa shape index (κ1) is 34.6. The average molecular weight is 575 g/mol. The van der Waals surface area contributed by atoms with Crippen LogP contribution in [0.2, 0.25) is 0 Å². The van der Waals surface area contributed by atoms with E-state index in [1.54, 1.807) is 0 Å². The van der Waals surface area contributed by atoms with Crippen molar-refractivity contribution in [2.45, 2.75) is 218 Å². The van der Waals surface area contributed by atoms with Crippen molar-refractivity contribution >= 4 is 5.97 Å². The molecule has 5 unspecified atom stereocenters. The summed E-state index contributed by atoms with van der Waals surface area (Å²) in [5, 5.41) is 0. The van der Waals surface area contributed by atoms with E-state index >= 15 is 0 Å². The van der Waals surface area contributed by atoms with E-state index in [-0.39, 0.29) is 12.1 Å². The molecule has 0 spiro atoms. The standard InChI is InChI=1S/C37H66O4/c1-3-4-5-6-7-8-14-17-20-23-26-33-35(40-33)28-29-36-34(41-36)27-24-21-18-15-12-10-9-11-13-16-19-22-25-32-30-31(2)39-37(32)38/h30-31,33-36H,3-29H2,1-2H3. The van der Waals surface area contributed by atoms with Gasteiger partial charge in [-0.2, -0.15) is 0 Å². The van der Waals surface area contributed by atoms with Crippen molar-refractivity contribution < 1.29 is 19.0 Å². The van der Waals surface area contributed by atoms with Crippen molar-refractivity contribution in [2.75, 3.05) is 0 Å². The van der Waals surface area contributed by atoms with Gasteiger partial charge in [-0.05, 0) is 51.5 Å². The molecule has 2 saturated heterocycles. The zero-order valence-corrected chi connectivity index (χ0v) is 27.2. The van der Waals surface area contributed by atoms with Crippen molar-refractivity contribution in [3.8, 4) is 0 Å². The van der Waals surface area contributed by atoms with E-state index in [4.69, 9.17) is 14.2 Å². The molecule has 4 heteroatoms. The maximum Gasteiger partial charge on any atom is 0.334 e. The summed E-state index contributed by atoms with van der Waals surface area (Å²) in [6, 6.07) is 0. The van der Waals surface area contributed by atoms with Crippen LogP contribution in [0.15, 0.2) is 11.6 Å². The van der Waals surface area contributed by atoms with Gasteiger partial charge in [0.2, 0.25) is 0 Å². The topological polar surface area (TPSA) is 51.4 Å². The Morgan fingerprint density at radius 3 is 1.27 bits per heavy atom. The van der Waals surface area contributed by atoms with Gasteiger partial charge in [0.25, 0.3) is 0 Å². The van der Waals surface area contributed by atoms with Crippen LogP contribution in [0.25, 0.3) is 0 Å². The lowest BCUT2D eigenvalue weighted by molar-refractivity contribution is -0.139. The molecule has 2 fully saturated rings. The highest BCUT2D eigenvalue weighted by Crippen LogP contribution is 2.37. The number of hydrogen-bond donors (Lipinski definition) is 0. The van der Waals surface area contributed by atoms with Crippen LogP contribution in [0.4, 0.5) is 0 Å². The molecule has 0 aromatic heterocycles. The Balaban J connectivity index is 0.973. The Bertz CT molecular complexity index is 703. The molecule has 0 aromatic carbocycles. The predicted molar refractivity (Wildman–Crippen MR) is 171 cm³/mol. The number of esters is 1. The van der Waals surface area contributed by atoms with Crippen LogP contribution in [0, 0.1) is 0 Å². The van der Waals surface area contributed by atoms with Crippen LogP contribution in [0.1, 0.15) is 187 Å². The molecule has 0 saturated carbocycles. The van der Waals surface area contributed by atoms with E-state index in [2.05, 4.69) is 6.92 Å². The number of ether oxygens (including phenoxy) is 3. The molecular formula is C37H66O4. The number of hydrogen-bond acceptors (Lipinski definition) is 4. The first-order chi connectivity index (χ1) is 20.2. The van der Waals surface area contributed by atoms with Gasteiger partial charge in [-0.1, -0.05) is 142 Å². The number of rotatable bonds is 29. The molecule has 3 aliphatic heterocycles. The summed E-state index contributed by atoms with van der Waals surface area (Å²) in [6.45, 7) is 4.23. The molecule has 238 valence electrons. The fourth-order valence-electron chi connectivity index (χ4n) is 6.78. The fraction of sp³-hybridized carbons (Fsp3) is 0.919. The van der Waals surface area contributed by atoms with Gasteiger partial charge in [-0.3, -0.25) is 0 Å². The smallest absolute Gasteiger partial charge is 0.334 e. The SMILES string of the molecule is CCCCCCCCCCCCC1OC1CCC1OC1CCCCCCCCCCCCCCC1=CC(C)OC1=O. The summed E-state index contributed by atoms with van der Waals surface area (Å²) in [5.74, 6) is -0.0929. The highest BCUT2D eigenvalue weighted by atomic mass is 16.6. The van der Waals surface area contributed by atoms with Crippen LogP contribution in [-0.4, -0.2) is 36.5 Å². The molecule has 4 nitrogen and oxygen atoms in total. The van der Waals surface area contributed by atoms with Crippen LogP contribution in [0.3, 0.4) is 0 Å². The van der Waals surface area contributed by atoms with Crippen molar-refractivity contribution in [2.24, 2.45) is 0 Å². The van der Waals surface area contributed by atoms with Gasteiger partial charge in [-0.25, -0.2) is 4.79 Å². The third-order valence-corrected chi connectivity index (χ3v) is 9.63. The number of epoxide rings is 2. The molecule has 41 heavy (non-hydrogen) atoms. The Morgan fingerprint density at radius 2 is 0.878 bits per heavy atom. The maximum atomic E-state index is 11.6. The summed E-state index contributed by atoms with van der Waals surface area (Å²) >= 11 is 0. The van der Waals surface area contributed by atoms with Crippen molar-refractivity contribution in [3.63, 3.8) is 0 Å². The van der Waals surface area contributed by atoms with Crippen molar-refractivity contribution in [1.29, 1.82) is 0 Å². The van der Waals surface area contributed by atoms with E-state index in [1.165, 1.54) is 161 Å². The highest BCUT2D eigenvalue weighted by Gasteiger charge is 2.42. The van der Waals surface area contributed by atoms with Crippen LogP contribution in [-0.2, 0) is 19.0 Å². The van der Waals surface area contributed by atoms with Crippen molar-refractivity contribution in [3.05, 3.63) is 11.6 Å². The average Bonchev–Trinajstić information content (AvgIpc) is 3.87. The van der Waals surface area contributed by atoms with Gasteiger partial charge < -0.3 is 14.2 Å². The van der Waals surface area contributed by atoms with Crippen molar-refractivity contribution in [1.82, 2.24) is 0 Å². The highest BCUT2D eigenvalue weighted by molar-refractivity contribution is 5.90. The minimum atomic E-state index is -0.0929. The minimum Gasteiger partial charge on any atom is -0.455 e. The molecule has 3 aliphatic rings. The Hall–Kier alpha value is -0.870. The second kappa shape index (κ2) is 21.8. The zero-order valence-electron chi connectivity index (χ0n) is 27.2. The predicted octanol–water partition coefficient (Wildman–Crippen LogP) is 10.9. The molecule has 0 aromatic rings. The molecule has 3 rings (SSSR count). The Kier molecular flexibility index (Phi) is 18.4. The lowest BCUT2D eigenvalue weighted by Crippen LogP contribution is -2.03. The molecule has 3 heterocycles. The van der Waals surface area contributed by atoms with Gasteiger partial charge in [0.15, 0.2) is 0 Å². The van der Waals surface area contributed by atoms with Gasteiger partial charge >= 0.3 is 5.97 Å². The molecule has 0 amide bonds. The molecule has 5 atom stereocenters. The third-order valence-electron chi connectivity index (χ3n) is 9.63. The first-order valence-electron chi connectivity index (χ1n) is 18.4. The summed E-state index contributed by atoms with van der Waals surface area (Å²) in [4.78, 5) is 11.6. The van der Waals surface area contributed by atoms with Gasteiger partial charge in [0, 0.05) is 5.57 Å².